The maximum atomic E-state index is 12.3. The van der Waals surface area contributed by atoms with Crippen LogP contribution in [0.25, 0.3) is 0 Å². The number of carbonyl (C=O) groups is 2. The molecule has 0 N–H and O–H groups in total. The van der Waals surface area contributed by atoms with Gasteiger partial charge >= 0.3 is 11.9 Å². The predicted molar refractivity (Wildman–Crippen MR) is 94.0 cm³/mol. The SMILES string of the molecule is CCCCCCC1O[C@H](C(=O)OCCCC)[C@@H](C(=O)OCCCC)O1. The normalized spacial score (nSPS) is 20.6. The minimum absolute atomic E-state index is 0.327. The van der Waals surface area contributed by atoms with Crippen LogP contribution < -0.4 is 0 Å². The second-order valence-corrected chi connectivity index (χ2v) is 6.43. The molecule has 0 saturated carbocycles. The first-order valence-corrected chi connectivity index (χ1v) is 9.78. The van der Waals surface area contributed by atoms with Crippen LogP contribution >= 0.6 is 0 Å². The summed E-state index contributed by atoms with van der Waals surface area (Å²) in [4.78, 5) is 24.5. The molecule has 25 heavy (non-hydrogen) atoms. The standard InChI is InChI=1S/C19H34O6/c1-4-7-10-11-12-15-24-16(18(20)22-13-8-5-2)17(25-15)19(21)23-14-9-6-3/h15-17H,4-14H2,1-3H3/t16-,17-/m0/s1. The molecular weight excluding hydrogens is 324 g/mol. The van der Waals surface area contributed by atoms with Gasteiger partial charge in [-0.1, -0.05) is 52.9 Å². The molecule has 1 saturated heterocycles. The highest BCUT2D eigenvalue weighted by Crippen LogP contribution is 2.25. The fourth-order valence-electron chi connectivity index (χ4n) is 2.53. The van der Waals surface area contributed by atoms with Gasteiger partial charge in [0, 0.05) is 0 Å². The zero-order chi connectivity index (χ0) is 18.5. The van der Waals surface area contributed by atoms with Gasteiger partial charge in [-0.2, -0.15) is 0 Å². The molecule has 0 aromatic rings. The molecule has 0 aromatic heterocycles. The summed E-state index contributed by atoms with van der Waals surface area (Å²) in [6, 6.07) is 0. The molecule has 1 aliphatic heterocycles. The number of hydrogen-bond acceptors (Lipinski definition) is 6. The van der Waals surface area contributed by atoms with Crippen LogP contribution in [0.4, 0.5) is 0 Å². The van der Waals surface area contributed by atoms with E-state index in [0.717, 1.165) is 51.4 Å². The topological polar surface area (TPSA) is 71.1 Å². The number of hydrogen-bond donors (Lipinski definition) is 0. The Kier molecular flexibility index (Phi) is 11.5. The Hall–Kier alpha value is -1.14. The third kappa shape index (κ3) is 8.19. The van der Waals surface area contributed by atoms with E-state index in [9.17, 15) is 9.59 Å². The number of unbranched alkanes of at least 4 members (excludes halogenated alkanes) is 5. The van der Waals surface area contributed by atoms with Crippen LogP contribution in [0.2, 0.25) is 0 Å². The van der Waals surface area contributed by atoms with E-state index in [1.165, 1.54) is 0 Å². The number of ether oxygens (including phenoxy) is 4. The monoisotopic (exact) mass is 358 g/mol. The zero-order valence-electron chi connectivity index (χ0n) is 16.0. The minimum atomic E-state index is -1.03. The summed E-state index contributed by atoms with van der Waals surface area (Å²) in [5, 5.41) is 0. The van der Waals surface area contributed by atoms with Crippen molar-refractivity contribution in [1.82, 2.24) is 0 Å². The molecule has 0 aromatic carbocycles. The Balaban J connectivity index is 2.57. The highest BCUT2D eigenvalue weighted by Gasteiger charge is 2.46. The van der Waals surface area contributed by atoms with E-state index in [0.29, 0.717) is 19.6 Å². The zero-order valence-corrected chi connectivity index (χ0v) is 16.0. The highest BCUT2D eigenvalue weighted by molar-refractivity contribution is 5.86. The highest BCUT2D eigenvalue weighted by atomic mass is 16.8. The van der Waals surface area contributed by atoms with Crippen LogP contribution in [0, 0.1) is 0 Å². The first kappa shape index (κ1) is 21.9. The molecule has 1 heterocycles. The molecule has 2 atom stereocenters. The average molecular weight is 358 g/mol. The molecule has 1 fully saturated rings. The van der Waals surface area contributed by atoms with Gasteiger partial charge in [0.15, 0.2) is 18.5 Å². The first-order valence-electron chi connectivity index (χ1n) is 9.78. The molecule has 6 heteroatoms. The van der Waals surface area contributed by atoms with Gasteiger partial charge in [0.1, 0.15) is 0 Å². The summed E-state index contributed by atoms with van der Waals surface area (Å²) < 4.78 is 21.8. The Morgan fingerprint density at radius 1 is 0.720 bits per heavy atom. The molecule has 0 unspecified atom stereocenters. The van der Waals surface area contributed by atoms with Crippen molar-refractivity contribution in [3.8, 4) is 0 Å². The lowest BCUT2D eigenvalue weighted by Crippen LogP contribution is -2.39. The van der Waals surface area contributed by atoms with Crippen LogP contribution in [0.3, 0.4) is 0 Å². The maximum Gasteiger partial charge on any atom is 0.338 e. The summed E-state index contributed by atoms with van der Waals surface area (Å²) >= 11 is 0. The van der Waals surface area contributed by atoms with Crippen molar-refractivity contribution in [2.45, 2.75) is 97.1 Å². The smallest absolute Gasteiger partial charge is 0.338 e. The van der Waals surface area contributed by atoms with E-state index < -0.39 is 30.4 Å². The molecule has 1 aliphatic rings. The number of rotatable bonds is 13. The Morgan fingerprint density at radius 2 is 1.20 bits per heavy atom. The van der Waals surface area contributed by atoms with E-state index in [2.05, 4.69) is 6.92 Å². The first-order chi connectivity index (χ1) is 12.1. The van der Waals surface area contributed by atoms with Crippen molar-refractivity contribution in [1.29, 1.82) is 0 Å². The van der Waals surface area contributed by atoms with E-state index in [4.69, 9.17) is 18.9 Å². The van der Waals surface area contributed by atoms with E-state index >= 15 is 0 Å². The molecule has 0 aliphatic carbocycles. The van der Waals surface area contributed by atoms with Gasteiger partial charge in [-0.15, -0.1) is 0 Å². The maximum absolute atomic E-state index is 12.3. The third-order valence-corrected chi connectivity index (χ3v) is 4.11. The quantitative estimate of drug-likeness (QED) is 0.369. The second-order valence-electron chi connectivity index (χ2n) is 6.43. The van der Waals surface area contributed by atoms with Gasteiger partial charge in [-0.05, 0) is 25.7 Å². The number of carbonyl (C=O) groups excluding carboxylic acids is 2. The van der Waals surface area contributed by atoms with E-state index in [-0.39, 0.29) is 0 Å². The lowest BCUT2D eigenvalue weighted by atomic mass is 10.1. The van der Waals surface area contributed by atoms with Crippen molar-refractivity contribution < 1.29 is 28.5 Å². The van der Waals surface area contributed by atoms with Crippen molar-refractivity contribution in [3.63, 3.8) is 0 Å². The molecule has 146 valence electrons. The Bertz CT molecular complexity index is 354. The third-order valence-electron chi connectivity index (χ3n) is 4.11. The van der Waals surface area contributed by atoms with Gasteiger partial charge < -0.3 is 18.9 Å². The molecule has 0 radical (unpaired) electrons. The minimum Gasteiger partial charge on any atom is -0.464 e. The fourth-order valence-corrected chi connectivity index (χ4v) is 2.53. The van der Waals surface area contributed by atoms with Gasteiger partial charge in [0.2, 0.25) is 0 Å². The van der Waals surface area contributed by atoms with E-state index in [1.54, 1.807) is 0 Å². The van der Waals surface area contributed by atoms with Crippen LogP contribution in [0.5, 0.6) is 0 Å². The van der Waals surface area contributed by atoms with Gasteiger partial charge in [0.05, 0.1) is 13.2 Å². The predicted octanol–water partition coefficient (Wildman–Crippen LogP) is 3.75. The second kappa shape index (κ2) is 13.1. The fraction of sp³-hybridized carbons (Fsp3) is 0.895. The van der Waals surface area contributed by atoms with Crippen LogP contribution in [-0.2, 0) is 28.5 Å². The largest absolute Gasteiger partial charge is 0.464 e. The average Bonchev–Trinajstić information content (AvgIpc) is 3.03. The molecular formula is C19H34O6. The van der Waals surface area contributed by atoms with E-state index in [1.807, 2.05) is 13.8 Å². The molecule has 0 spiro atoms. The molecule has 0 amide bonds. The summed E-state index contributed by atoms with van der Waals surface area (Å²) in [7, 11) is 0. The molecule has 0 bridgehead atoms. The lowest BCUT2D eigenvalue weighted by Gasteiger charge is -2.15. The summed E-state index contributed by atoms with van der Waals surface area (Å²) in [5.74, 6) is -1.08. The van der Waals surface area contributed by atoms with Crippen molar-refractivity contribution in [3.05, 3.63) is 0 Å². The van der Waals surface area contributed by atoms with Crippen molar-refractivity contribution in [2.24, 2.45) is 0 Å². The van der Waals surface area contributed by atoms with Gasteiger partial charge in [-0.25, -0.2) is 9.59 Å². The van der Waals surface area contributed by atoms with Crippen LogP contribution in [-0.4, -0.2) is 43.7 Å². The lowest BCUT2D eigenvalue weighted by molar-refractivity contribution is -0.163. The van der Waals surface area contributed by atoms with Crippen LogP contribution in [0.1, 0.15) is 78.6 Å². The molecule has 1 rings (SSSR count). The Morgan fingerprint density at radius 3 is 1.64 bits per heavy atom. The van der Waals surface area contributed by atoms with Crippen molar-refractivity contribution in [2.75, 3.05) is 13.2 Å². The summed E-state index contributed by atoms with van der Waals surface area (Å²) in [6.07, 6.45) is 5.80. The Labute approximate surface area is 151 Å². The summed E-state index contributed by atoms with van der Waals surface area (Å²) in [6.45, 7) is 6.83. The van der Waals surface area contributed by atoms with Gasteiger partial charge in [-0.3, -0.25) is 0 Å². The summed E-state index contributed by atoms with van der Waals surface area (Å²) in [5.41, 5.74) is 0. The van der Waals surface area contributed by atoms with Gasteiger partial charge in [0.25, 0.3) is 0 Å². The molecule has 6 nitrogen and oxygen atoms in total. The van der Waals surface area contributed by atoms with Crippen molar-refractivity contribution >= 4 is 11.9 Å². The number of esters is 2. The van der Waals surface area contributed by atoms with Crippen LogP contribution in [0.15, 0.2) is 0 Å².